The van der Waals surface area contributed by atoms with Gasteiger partial charge in [0.05, 0.1) is 19.1 Å². The number of carbonyl (C=O) groups is 2. The third-order valence-electron chi connectivity index (χ3n) is 3.49. The van der Waals surface area contributed by atoms with Crippen molar-refractivity contribution in [2.45, 2.75) is 26.0 Å². The molecule has 0 bridgehead atoms. The minimum atomic E-state index is -0.369. The minimum Gasteiger partial charge on any atom is -0.488 e. The third kappa shape index (κ3) is 5.90. The number of hydrogen-bond donors (Lipinski definition) is 1. The number of esters is 1. The van der Waals surface area contributed by atoms with Gasteiger partial charge in [0, 0.05) is 10.5 Å². The number of amides is 1. The summed E-state index contributed by atoms with van der Waals surface area (Å²) in [6, 6.07) is 14.5. The second kappa shape index (κ2) is 9.22. The lowest BCUT2D eigenvalue weighted by Gasteiger charge is -2.15. The van der Waals surface area contributed by atoms with Crippen molar-refractivity contribution in [3.05, 3.63) is 64.1 Å². The van der Waals surface area contributed by atoms with E-state index in [1.54, 1.807) is 25.1 Å². The zero-order valence-electron chi connectivity index (χ0n) is 14.1. The molecule has 5 nitrogen and oxygen atoms in total. The van der Waals surface area contributed by atoms with Crippen molar-refractivity contribution >= 4 is 27.8 Å². The number of ether oxygens (including phenoxy) is 2. The van der Waals surface area contributed by atoms with Gasteiger partial charge in [-0.2, -0.15) is 0 Å². The average molecular weight is 406 g/mol. The lowest BCUT2D eigenvalue weighted by Crippen LogP contribution is -2.34. The first-order valence-electron chi connectivity index (χ1n) is 7.83. The van der Waals surface area contributed by atoms with Crippen LogP contribution in [0, 0.1) is 0 Å². The van der Waals surface area contributed by atoms with Crippen LogP contribution in [0.1, 0.15) is 29.3 Å². The molecule has 1 unspecified atom stereocenters. The lowest BCUT2D eigenvalue weighted by molar-refractivity contribution is -0.141. The van der Waals surface area contributed by atoms with Crippen LogP contribution in [0.4, 0.5) is 0 Å². The van der Waals surface area contributed by atoms with E-state index in [1.807, 2.05) is 30.3 Å². The monoisotopic (exact) mass is 405 g/mol. The van der Waals surface area contributed by atoms with E-state index in [4.69, 9.17) is 4.74 Å². The first-order valence-corrected chi connectivity index (χ1v) is 8.63. The Kier molecular flexibility index (Phi) is 7.01. The standard InChI is InChI=1S/C19H20BrNO4/c1-13(10-18(22)24-2)21-19(23)16-8-3-4-9-17(16)25-12-14-6-5-7-15(20)11-14/h3-9,11,13H,10,12H2,1-2H3,(H,21,23). The molecule has 1 amide bonds. The number of hydrogen-bond acceptors (Lipinski definition) is 4. The molecule has 0 spiro atoms. The fourth-order valence-corrected chi connectivity index (χ4v) is 2.70. The number of carbonyl (C=O) groups excluding carboxylic acids is 2. The van der Waals surface area contributed by atoms with E-state index in [0.29, 0.717) is 17.9 Å². The molecule has 6 heteroatoms. The SMILES string of the molecule is COC(=O)CC(C)NC(=O)c1ccccc1OCc1cccc(Br)c1. The molecule has 1 atom stereocenters. The molecular weight excluding hydrogens is 386 g/mol. The van der Waals surface area contributed by atoms with Crippen LogP contribution in [0.5, 0.6) is 5.75 Å². The fourth-order valence-electron chi connectivity index (χ4n) is 2.25. The van der Waals surface area contributed by atoms with Crippen LogP contribution in [-0.2, 0) is 16.1 Å². The molecule has 0 saturated heterocycles. The Labute approximate surface area is 155 Å². The molecule has 0 saturated carbocycles. The Morgan fingerprint density at radius 3 is 2.64 bits per heavy atom. The fraction of sp³-hybridized carbons (Fsp3) is 0.263. The van der Waals surface area contributed by atoms with Crippen molar-refractivity contribution in [1.29, 1.82) is 0 Å². The Bertz CT molecular complexity index is 748. The van der Waals surface area contributed by atoms with Crippen molar-refractivity contribution in [2.24, 2.45) is 0 Å². The first-order chi connectivity index (χ1) is 12.0. The van der Waals surface area contributed by atoms with E-state index in [9.17, 15) is 9.59 Å². The summed E-state index contributed by atoms with van der Waals surface area (Å²) in [5, 5.41) is 2.78. The molecule has 1 N–H and O–H groups in total. The molecule has 0 aromatic heterocycles. The molecule has 2 aromatic carbocycles. The van der Waals surface area contributed by atoms with E-state index in [-0.39, 0.29) is 24.3 Å². The number of benzene rings is 2. The van der Waals surface area contributed by atoms with E-state index in [0.717, 1.165) is 10.0 Å². The molecule has 0 heterocycles. The Morgan fingerprint density at radius 1 is 1.16 bits per heavy atom. The normalized spacial score (nSPS) is 11.5. The smallest absolute Gasteiger partial charge is 0.307 e. The summed E-state index contributed by atoms with van der Waals surface area (Å²) in [7, 11) is 1.32. The van der Waals surface area contributed by atoms with E-state index in [2.05, 4.69) is 26.0 Å². The van der Waals surface area contributed by atoms with Gasteiger partial charge in [-0.05, 0) is 36.8 Å². The number of rotatable bonds is 7. The van der Waals surface area contributed by atoms with Gasteiger partial charge in [0.2, 0.25) is 0 Å². The number of nitrogens with one attached hydrogen (secondary N) is 1. The number of para-hydroxylation sites is 1. The van der Waals surface area contributed by atoms with Crippen molar-refractivity contribution in [3.63, 3.8) is 0 Å². The molecular formula is C19H20BrNO4. The van der Waals surface area contributed by atoms with Crippen LogP contribution in [-0.4, -0.2) is 25.0 Å². The summed E-state index contributed by atoms with van der Waals surface area (Å²) in [4.78, 5) is 23.8. The molecule has 0 aliphatic carbocycles. The highest BCUT2D eigenvalue weighted by Gasteiger charge is 2.16. The number of methoxy groups -OCH3 is 1. The van der Waals surface area contributed by atoms with Crippen molar-refractivity contribution in [3.8, 4) is 5.75 Å². The van der Waals surface area contributed by atoms with Gasteiger partial charge in [0.25, 0.3) is 5.91 Å². The highest BCUT2D eigenvalue weighted by atomic mass is 79.9. The van der Waals surface area contributed by atoms with Crippen LogP contribution in [0.15, 0.2) is 53.0 Å². The third-order valence-corrected chi connectivity index (χ3v) is 3.99. The van der Waals surface area contributed by atoms with Gasteiger partial charge in [0.15, 0.2) is 0 Å². The highest BCUT2D eigenvalue weighted by Crippen LogP contribution is 2.20. The van der Waals surface area contributed by atoms with Crippen LogP contribution in [0.25, 0.3) is 0 Å². The van der Waals surface area contributed by atoms with Crippen molar-refractivity contribution in [1.82, 2.24) is 5.32 Å². The molecule has 0 fully saturated rings. The minimum absolute atomic E-state index is 0.114. The first kappa shape index (κ1) is 19.0. The second-order valence-corrected chi connectivity index (χ2v) is 6.49. The summed E-state index contributed by atoms with van der Waals surface area (Å²) in [6.07, 6.45) is 0.114. The van der Waals surface area contributed by atoms with Gasteiger partial charge in [-0.3, -0.25) is 9.59 Å². The molecule has 132 valence electrons. The topological polar surface area (TPSA) is 64.6 Å². The maximum atomic E-state index is 12.5. The Hall–Kier alpha value is -2.34. The average Bonchev–Trinajstić information content (AvgIpc) is 2.60. The van der Waals surface area contributed by atoms with E-state index >= 15 is 0 Å². The lowest BCUT2D eigenvalue weighted by atomic mass is 10.1. The summed E-state index contributed by atoms with van der Waals surface area (Å²) >= 11 is 3.42. The summed E-state index contributed by atoms with van der Waals surface area (Å²) in [6.45, 7) is 2.10. The van der Waals surface area contributed by atoms with Crippen LogP contribution in [0.3, 0.4) is 0 Å². The predicted molar refractivity (Wildman–Crippen MR) is 98.5 cm³/mol. The molecule has 2 rings (SSSR count). The molecule has 0 aliphatic heterocycles. The van der Waals surface area contributed by atoms with Crippen LogP contribution >= 0.6 is 15.9 Å². The van der Waals surface area contributed by atoms with E-state index < -0.39 is 0 Å². The summed E-state index contributed by atoms with van der Waals surface area (Å²) < 4.78 is 11.4. The van der Waals surface area contributed by atoms with Gasteiger partial charge in [-0.25, -0.2) is 0 Å². The summed E-state index contributed by atoms with van der Waals surface area (Å²) in [5.74, 6) is -0.168. The molecule has 25 heavy (non-hydrogen) atoms. The van der Waals surface area contributed by atoms with Crippen LogP contribution < -0.4 is 10.1 Å². The largest absolute Gasteiger partial charge is 0.488 e. The maximum Gasteiger partial charge on any atom is 0.307 e. The molecule has 0 radical (unpaired) electrons. The predicted octanol–water partition coefficient (Wildman–Crippen LogP) is 3.71. The summed E-state index contributed by atoms with van der Waals surface area (Å²) in [5.41, 5.74) is 1.41. The van der Waals surface area contributed by atoms with Gasteiger partial charge in [-0.1, -0.05) is 40.2 Å². The van der Waals surface area contributed by atoms with Crippen LogP contribution in [0.2, 0.25) is 0 Å². The zero-order valence-corrected chi connectivity index (χ0v) is 15.7. The van der Waals surface area contributed by atoms with E-state index in [1.165, 1.54) is 7.11 Å². The number of halogens is 1. The maximum absolute atomic E-state index is 12.5. The van der Waals surface area contributed by atoms with Gasteiger partial charge >= 0.3 is 5.97 Å². The Balaban J connectivity index is 2.04. The van der Waals surface area contributed by atoms with Gasteiger partial charge in [-0.15, -0.1) is 0 Å². The zero-order chi connectivity index (χ0) is 18.2. The molecule has 0 aliphatic rings. The van der Waals surface area contributed by atoms with Gasteiger partial charge in [0.1, 0.15) is 12.4 Å². The van der Waals surface area contributed by atoms with Gasteiger partial charge < -0.3 is 14.8 Å². The second-order valence-electron chi connectivity index (χ2n) is 5.57. The Morgan fingerprint density at radius 2 is 1.92 bits per heavy atom. The van der Waals surface area contributed by atoms with Crippen molar-refractivity contribution < 1.29 is 19.1 Å². The highest BCUT2D eigenvalue weighted by molar-refractivity contribution is 9.10. The molecule has 2 aromatic rings. The van der Waals surface area contributed by atoms with Crippen molar-refractivity contribution in [2.75, 3.05) is 7.11 Å². The quantitative estimate of drug-likeness (QED) is 0.713.